The first-order valence-electron chi connectivity index (χ1n) is 8.82. The molecular weight excluding hydrogens is 335 g/mol. The van der Waals surface area contributed by atoms with Crippen molar-refractivity contribution >= 4 is 11.8 Å². The molecule has 2 amide bonds. The Bertz CT molecular complexity index is 798. The van der Waals surface area contributed by atoms with Gasteiger partial charge in [-0.3, -0.25) is 9.59 Å². The van der Waals surface area contributed by atoms with Crippen molar-refractivity contribution < 1.29 is 18.4 Å². The van der Waals surface area contributed by atoms with Gasteiger partial charge in [-0.2, -0.15) is 0 Å². The first kappa shape index (κ1) is 18.2. The second-order valence-corrected chi connectivity index (χ2v) is 6.76. The van der Waals surface area contributed by atoms with Gasteiger partial charge in [0, 0.05) is 19.6 Å². The Morgan fingerprint density at radius 1 is 1.27 bits per heavy atom. The van der Waals surface area contributed by atoms with Crippen LogP contribution in [0.25, 0.3) is 0 Å². The number of furan rings is 1. The lowest BCUT2D eigenvalue weighted by Crippen LogP contribution is -2.45. The van der Waals surface area contributed by atoms with Crippen LogP contribution in [0, 0.1) is 25.6 Å². The number of rotatable bonds is 4. The molecule has 1 fully saturated rings. The van der Waals surface area contributed by atoms with Crippen LogP contribution >= 0.6 is 0 Å². The molecule has 0 spiro atoms. The number of carbonyl (C=O) groups excluding carboxylic acids is 2. The second-order valence-electron chi connectivity index (χ2n) is 6.76. The summed E-state index contributed by atoms with van der Waals surface area (Å²) in [5.74, 6) is 0.613. The molecule has 1 atom stereocenters. The number of piperidine rings is 1. The molecule has 1 aliphatic rings. The molecule has 5 nitrogen and oxygen atoms in total. The molecule has 1 aliphatic heterocycles. The maximum atomic E-state index is 12.9. The zero-order valence-electron chi connectivity index (χ0n) is 15.0. The van der Waals surface area contributed by atoms with Gasteiger partial charge in [0.2, 0.25) is 5.91 Å². The molecule has 1 N–H and O–H groups in total. The summed E-state index contributed by atoms with van der Waals surface area (Å²) >= 11 is 0. The molecular formula is C20H23FN2O3. The van der Waals surface area contributed by atoms with E-state index in [1.54, 1.807) is 30.0 Å². The van der Waals surface area contributed by atoms with Crippen LogP contribution in [0.2, 0.25) is 0 Å². The van der Waals surface area contributed by atoms with E-state index in [1.807, 2.05) is 6.92 Å². The molecule has 1 unspecified atom stereocenters. The maximum Gasteiger partial charge on any atom is 0.257 e. The Morgan fingerprint density at radius 3 is 2.65 bits per heavy atom. The molecule has 0 bridgehead atoms. The number of aryl methyl sites for hydroxylation is 2. The minimum absolute atomic E-state index is 0.0769. The highest BCUT2D eigenvalue weighted by Crippen LogP contribution is 2.22. The van der Waals surface area contributed by atoms with E-state index in [9.17, 15) is 14.0 Å². The Labute approximate surface area is 152 Å². The monoisotopic (exact) mass is 358 g/mol. The highest BCUT2D eigenvalue weighted by atomic mass is 19.1. The summed E-state index contributed by atoms with van der Waals surface area (Å²) in [6.07, 6.45) is 1.54. The van der Waals surface area contributed by atoms with Crippen molar-refractivity contribution in [2.75, 3.05) is 13.1 Å². The summed E-state index contributed by atoms with van der Waals surface area (Å²) in [5.41, 5.74) is 1.41. The summed E-state index contributed by atoms with van der Waals surface area (Å²) in [5, 5.41) is 2.89. The third-order valence-electron chi connectivity index (χ3n) is 4.73. The predicted molar refractivity (Wildman–Crippen MR) is 95.1 cm³/mol. The third-order valence-corrected chi connectivity index (χ3v) is 4.73. The highest BCUT2D eigenvalue weighted by molar-refractivity contribution is 5.95. The quantitative estimate of drug-likeness (QED) is 0.913. The number of nitrogens with zero attached hydrogens (tertiary/aromatic N) is 1. The fourth-order valence-corrected chi connectivity index (χ4v) is 3.32. The molecule has 1 saturated heterocycles. The Hall–Kier alpha value is -2.63. The van der Waals surface area contributed by atoms with Crippen molar-refractivity contribution in [3.05, 3.63) is 58.8 Å². The number of hydrogen-bond acceptors (Lipinski definition) is 3. The van der Waals surface area contributed by atoms with E-state index < -0.39 is 0 Å². The molecule has 138 valence electrons. The lowest BCUT2D eigenvalue weighted by molar-refractivity contribution is -0.126. The van der Waals surface area contributed by atoms with Gasteiger partial charge in [0.15, 0.2) is 0 Å². The molecule has 2 heterocycles. The number of carbonyl (C=O) groups is 2. The zero-order chi connectivity index (χ0) is 18.7. The van der Waals surface area contributed by atoms with Crippen LogP contribution in [0.3, 0.4) is 0 Å². The molecule has 0 radical (unpaired) electrons. The highest BCUT2D eigenvalue weighted by Gasteiger charge is 2.30. The van der Waals surface area contributed by atoms with Gasteiger partial charge in [-0.05, 0) is 50.5 Å². The van der Waals surface area contributed by atoms with E-state index in [0.29, 0.717) is 36.7 Å². The van der Waals surface area contributed by atoms with E-state index in [2.05, 4.69) is 5.32 Å². The first-order chi connectivity index (χ1) is 12.4. The van der Waals surface area contributed by atoms with Gasteiger partial charge in [0.1, 0.15) is 17.3 Å². The summed E-state index contributed by atoms with van der Waals surface area (Å²) < 4.78 is 18.4. The van der Waals surface area contributed by atoms with Crippen molar-refractivity contribution in [2.45, 2.75) is 33.2 Å². The van der Waals surface area contributed by atoms with Crippen LogP contribution in [0.4, 0.5) is 4.39 Å². The van der Waals surface area contributed by atoms with Crippen LogP contribution < -0.4 is 5.32 Å². The van der Waals surface area contributed by atoms with Gasteiger partial charge < -0.3 is 14.6 Å². The van der Waals surface area contributed by atoms with Crippen LogP contribution in [0.1, 0.15) is 40.3 Å². The summed E-state index contributed by atoms with van der Waals surface area (Å²) in [6.45, 7) is 4.98. The Kier molecular flexibility index (Phi) is 5.40. The predicted octanol–water partition coefficient (Wildman–Crippen LogP) is 3.20. The Morgan fingerprint density at radius 2 is 2.00 bits per heavy atom. The first-order valence-corrected chi connectivity index (χ1v) is 8.82. The smallest absolute Gasteiger partial charge is 0.257 e. The summed E-state index contributed by atoms with van der Waals surface area (Å²) in [4.78, 5) is 26.9. The number of hydrogen-bond donors (Lipinski definition) is 1. The van der Waals surface area contributed by atoms with Crippen molar-refractivity contribution in [3.8, 4) is 0 Å². The van der Waals surface area contributed by atoms with Crippen molar-refractivity contribution in [1.82, 2.24) is 10.2 Å². The van der Waals surface area contributed by atoms with E-state index in [0.717, 1.165) is 18.4 Å². The largest absolute Gasteiger partial charge is 0.466 e. The van der Waals surface area contributed by atoms with E-state index >= 15 is 0 Å². The average molecular weight is 358 g/mol. The molecule has 3 rings (SSSR count). The Balaban J connectivity index is 1.58. The van der Waals surface area contributed by atoms with Crippen molar-refractivity contribution in [3.63, 3.8) is 0 Å². The molecule has 0 saturated carbocycles. The van der Waals surface area contributed by atoms with E-state index in [4.69, 9.17) is 4.42 Å². The number of amides is 2. The number of benzene rings is 1. The lowest BCUT2D eigenvalue weighted by Gasteiger charge is -2.32. The molecule has 2 aromatic rings. The van der Waals surface area contributed by atoms with Crippen LogP contribution in [-0.4, -0.2) is 29.8 Å². The van der Waals surface area contributed by atoms with Crippen LogP contribution in [0.15, 0.2) is 34.7 Å². The fourth-order valence-electron chi connectivity index (χ4n) is 3.32. The second kappa shape index (κ2) is 7.72. The van der Waals surface area contributed by atoms with Gasteiger partial charge in [0.05, 0.1) is 11.5 Å². The molecule has 6 heteroatoms. The average Bonchev–Trinajstić information content (AvgIpc) is 2.98. The minimum atomic E-state index is -0.300. The molecule has 0 aliphatic carbocycles. The topological polar surface area (TPSA) is 62.6 Å². The van der Waals surface area contributed by atoms with Crippen LogP contribution in [0.5, 0.6) is 0 Å². The molecule has 1 aromatic heterocycles. The summed E-state index contributed by atoms with van der Waals surface area (Å²) in [7, 11) is 0. The zero-order valence-corrected chi connectivity index (χ0v) is 15.0. The summed E-state index contributed by atoms with van der Waals surface area (Å²) in [6, 6.07) is 7.79. The molecule has 26 heavy (non-hydrogen) atoms. The van der Waals surface area contributed by atoms with E-state index in [-0.39, 0.29) is 23.5 Å². The standard InChI is InChI=1S/C20H23FN2O3/c1-13-10-18(14(2)26-13)20(25)23-9-3-4-16(12-23)19(24)22-11-15-5-7-17(21)8-6-15/h5-8,10,16H,3-4,9,11-12H2,1-2H3,(H,22,24). The third kappa shape index (κ3) is 4.12. The van der Waals surface area contributed by atoms with Gasteiger partial charge in [0.25, 0.3) is 5.91 Å². The van der Waals surface area contributed by atoms with Crippen molar-refractivity contribution in [1.29, 1.82) is 0 Å². The van der Waals surface area contributed by atoms with Gasteiger partial charge in [-0.15, -0.1) is 0 Å². The number of likely N-dealkylation sites (tertiary alicyclic amines) is 1. The number of halogens is 1. The SMILES string of the molecule is Cc1cc(C(=O)N2CCCC(C(=O)NCc3ccc(F)cc3)C2)c(C)o1. The normalized spacial score (nSPS) is 17.2. The van der Waals surface area contributed by atoms with Crippen LogP contribution in [-0.2, 0) is 11.3 Å². The number of nitrogens with one attached hydrogen (secondary N) is 1. The lowest BCUT2D eigenvalue weighted by atomic mass is 9.96. The fraction of sp³-hybridized carbons (Fsp3) is 0.400. The van der Waals surface area contributed by atoms with E-state index in [1.165, 1.54) is 12.1 Å². The maximum absolute atomic E-state index is 12.9. The minimum Gasteiger partial charge on any atom is -0.466 e. The van der Waals surface area contributed by atoms with Gasteiger partial charge in [-0.25, -0.2) is 4.39 Å². The molecule has 1 aromatic carbocycles. The van der Waals surface area contributed by atoms with Gasteiger partial charge in [-0.1, -0.05) is 12.1 Å². The van der Waals surface area contributed by atoms with Gasteiger partial charge >= 0.3 is 0 Å². The van der Waals surface area contributed by atoms with Crippen molar-refractivity contribution in [2.24, 2.45) is 5.92 Å².